The SMILES string of the molecule is CCC(=NC)C(C)C. The van der Waals surface area contributed by atoms with Gasteiger partial charge in [-0.2, -0.15) is 0 Å². The number of hydrogen-bond donors (Lipinski definition) is 0. The Morgan fingerprint density at radius 3 is 2.00 bits per heavy atom. The number of hydrogen-bond acceptors (Lipinski definition) is 1. The first-order chi connectivity index (χ1) is 3.72. The molecule has 0 atom stereocenters. The van der Waals surface area contributed by atoms with Crippen LogP contribution in [0.4, 0.5) is 0 Å². The van der Waals surface area contributed by atoms with Gasteiger partial charge in [-0.15, -0.1) is 0 Å². The third-order valence-corrected chi connectivity index (χ3v) is 1.32. The summed E-state index contributed by atoms with van der Waals surface area (Å²) < 4.78 is 0. The number of rotatable bonds is 2. The van der Waals surface area contributed by atoms with Crippen LogP contribution in [0.25, 0.3) is 0 Å². The van der Waals surface area contributed by atoms with Gasteiger partial charge in [0.2, 0.25) is 0 Å². The van der Waals surface area contributed by atoms with Crippen LogP contribution in [0, 0.1) is 5.92 Å². The van der Waals surface area contributed by atoms with Crippen molar-refractivity contribution in [3.05, 3.63) is 0 Å². The van der Waals surface area contributed by atoms with Crippen LogP contribution < -0.4 is 0 Å². The van der Waals surface area contributed by atoms with Crippen molar-refractivity contribution in [2.75, 3.05) is 7.05 Å². The van der Waals surface area contributed by atoms with Gasteiger partial charge in [-0.25, -0.2) is 0 Å². The van der Waals surface area contributed by atoms with Crippen molar-refractivity contribution in [1.29, 1.82) is 0 Å². The third kappa shape index (κ3) is 2.10. The molecule has 48 valence electrons. The lowest BCUT2D eigenvalue weighted by atomic mass is 10.1. The molecule has 0 fully saturated rings. The fourth-order valence-electron chi connectivity index (χ4n) is 0.825. The second kappa shape index (κ2) is 3.65. The molecule has 0 heterocycles. The Bertz CT molecular complexity index is 82.4. The Labute approximate surface area is 51.8 Å². The predicted molar refractivity (Wildman–Crippen MR) is 38.5 cm³/mol. The standard InChI is InChI=1S/C7H15N/c1-5-7(8-4)6(2)3/h6H,5H2,1-4H3. The minimum atomic E-state index is 0.630. The van der Waals surface area contributed by atoms with Crippen LogP contribution in [-0.4, -0.2) is 12.8 Å². The zero-order valence-corrected chi connectivity index (χ0v) is 6.23. The van der Waals surface area contributed by atoms with E-state index in [9.17, 15) is 0 Å². The van der Waals surface area contributed by atoms with E-state index in [-0.39, 0.29) is 0 Å². The lowest BCUT2D eigenvalue weighted by Gasteiger charge is -2.03. The maximum atomic E-state index is 4.12. The smallest absolute Gasteiger partial charge is 0.0276 e. The highest BCUT2D eigenvalue weighted by Crippen LogP contribution is 1.99. The molecule has 0 radical (unpaired) electrons. The van der Waals surface area contributed by atoms with Gasteiger partial charge in [0.25, 0.3) is 0 Å². The minimum absolute atomic E-state index is 0.630. The van der Waals surface area contributed by atoms with Crippen molar-refractivity contribution in [2.45, 2.75) is 27.2 Å². The topological polar surface area (TPSA) is 12.4 Å². The third-order valence-electron chi connectivity index (χ3n) is 1.32. The van der Waals surface area contributed by atoms with Crippen LogP contribution in [0.2, 0.25) is 0 Å². The van der Waals surface area contributed by atoms with Crippen molar-refractivity contribution in [2.24, 2.45) is 10.9 Å². The van der Waals surface area contributed by atoms with E-state index in [4.69, 9.17) is 0 Å². The van der Waals surface area contributed by atoms with Crippen molar-refractivity contribution in [1.82, 2.24) is 0 Å². The quantitative estimate of drug-likeness (QED) is 0.486. The van der Waals surface area contributed by atoms with Gasteiger partial charge in [-0.05, 0) is 12.3 Å². The van der Waals surface area contributed by atoms with Crippen LogP contribution in [0.1, 0.15) is 27.2 Å². The summed E-state index contributed by atoms with van der Waals surface area (Å²) in [5, 5.41) is 0. The molecule has 0 unspecified atom stereocenters. The maximum Gasteiger partial charge on any atom is 0.0276 e. The molecule has 0 aliphatic heterocycles. The lowest BCUT2D eigenvalue weighted by Crippen LogP contribution is -2.04. The van der Waals surface area contributed by atoms with E-state index in [1.54, 1.807) is 0 Å². The van der Waals surface area contributed by atoms with Gasteiger partial charge in [0.05, 0.1) is 0 Å². The molecule has 0 aromatic carbocycles. The van der Waals surface area contributed by atoms with Gasteiger partial charge in [0, 0.05) is 12.8 Å². The molecule has 0 aliphatic rings. The van der Waals surface area contributed by atoms with Crippen molar-refractivity contribution < 1.29 is 0 Å². The molecule has 8 heavy (non-hydrogen) atoms. The summed E-state index contributed by atoms with van der Waals surface area (Å²) in [6, 6.07) is 0. The average Bonchev–Trinajstić information content (AvgIpc) is 1.69. The summed E-state index contributed by atoms with van der Waals surface area (Å²) in [5.74, 6) is 0.630. The highest BCUT2D eigenvalue weighted by atomic mass is 14.7. The van der Waals surface area contributed by atoms with E-state index >= 15 is 0 Å². The van der Waals surface area contributed by atoms with Crippen molar-refractivity contribution >= 4 is 5.71 Å². The molecule has 0 aromatic heterocycles. The molecule has 0 rings (SSSR count). The molecular weight excluding hydrogens is 98.1 g/mol. The van der Waals surface area contributed by atoms with E-state index in [0.717, 1.165) is 6.42 Å². The van der Waals surface area contributed by atoms with Gasteiger partial charge in [0.1, 0.15) is 0 Å². The van der Waals surface area contributed by atoms with E-state index in [0.29, 0.717) is 5.92 Å². The zero-order valence-electron chi connectivity index (χ0n) is 6.23. The number of aliphatic imine (C=N–C) groups is 1. The number of nitrogens with zero attached hydrogens (tertiary/aromatic N) is 1. The minimum Gasteiger partial charge on any atom is -0.297 e. The molecule has 0 bridgehead atoms. The summed E-state index contributed by atoms with van der Waals surface area (Å²) in [7, 11) is 1.86. The fourth-order valence-corrected chi connectivity index (χ4v) is 0.825. The van der Waals surface area contributed by atoms with Crippen LogP contribution in [0.15, 0.2) is 4.99 Å². The molecule has 1 nitrogen and oxygen atoms in total. The highest BCUT2D eigenvalue weighted by molar-refractivity contribution is 5.85. The Kier molecular flexibility index (Phi) is 3.49. The Balaban J connectivity index is 3.72. The highest BCUT2D eigenvalue weighted by Gasteiger charge is 1.98. The Morgan fingerprint density at radius 2 is 2.00 bits per heavy atom. The lowest BCUT2D eigenvalue weighted by molar-refractivity contribution is 0.854. The molecule has 0 aliphatic carbocycles. The van der Waals surface area contributed by atoms with Gasteiger partial charge in [-0.1, -0.05) is 20.8 Å². The molecule has 0 saturated carbocycles. The summed E-state index contributed by atoms with van der Waals surface area (Å²) in [5.41, 5.74) is 1.31. The first-order valence-corrected chi connectivity index (χ1v) is 3.17. The monoisotopic (exact) mass is 113 g/mol. The van der Waals surface area contributed by atoms with E-state index in [2.05, 4.69) is 25.8 Å². The second-order valence-electron chi connectivity index (χ2n) is 2.22. The molecular formula is C7H15N. The van der Waals surface area contributed by atoms with Crippen molar-refractivity contribution in [3.8, 4) is 0 Å². The van der Waals surface area contributed by atoms with Crippen LogP contribution in [0.5, 0.6) is 0 Å². The van der Waals surface area contributed by atoms with Gasteiger partial charge in [0.15, 0.2) is 0 Å². The van der Waals surface area contributed by atoms with E-state index in [1.165, 1.54) is 5.71 Å². The molecule has 0 amide bonds. The fraction of sp³-hybridized carbons (Fsp3) is 0.857. The van der Waals surface area contributed by atoms with Crippen molar-refractivity contribution in [3.63, 3.8) is 0 Å². The van der Waals surface area contributed by atoms with Gasteiger partial charge < -0.3 is 0 Å². The zero-order chi connectivity index (χ0) is 6.57. The summed E-state index contributed by atoms with van der Waals surface area (Å²) in [6.45, 7) is 6.49. The van der Waals surface area contributed by atoms with Gasteiger partial charge >= 0.3 is 0 Å². The molecule has 0 saturated heterocycles. The Hall–Kier alpha value is -0.330. The van der Waals surface area contributed by atoms with Crippen LogP contribution in [0.3, 0.4) is 0 Å². The molecule has 0 spiro atoms. The maximum absolute atomic E-state index is 4.12. The summed E-state index contributed by atoms with van der Waals surface area (Å²) in [6.07, 6.45) is 1.09. The molecule has 0 N–H and O–H groups in total. The van der Waals surface area contributed by atoms with E-state index in [1.807, 2.05) is 7.05 Å². The normalized spacial score (nSPS) is 12.9. The molecule has 1 heteroatoms. The van der Waals surface area contributed by atoms with Crippen LogP contribution in [-0.2, 0) is 0 Å². The van der Waals surface area contributed by atoms with E-state index < -0.39 is 0 Å². The first-order valence-electron chi connectivity index (χ1n) is 3.17. The largest absolute Gasteiger partial charge is 0.297 e. The molecule has 0 aromatic rings. The summed E-state index contributed by atoms with van der Waals surface area (Å²) in [4.78, 5) is 4.12. The second-order valence-corrected chi connectivity index (χ2v) is 2.22. The van der Waals surface area contributed by atoms with Crippen LogP contribution >= 0.6 is 0 Å². The summed E-state index contributed by atoms with van der Waals surface area (Å²) >= 11 is 0. The Morgan fingerprint density at radius 1 is 1.50 bits per heavy atom. The van der Waals surface area contributed by atoms with Gasteiger partial charge in [-0.3, -0.25) is 4.99 Å². The average molecular weight is 113 g/mol. The first kappa shape index (κ1) is 7.67. The predicted octanol–water partition coefficient (Wildman–Crippen LogP) is 2.12.